The third kappa shape index (κ3) is 5.43. The number of benzene rings is 4. The maximum absolute atomic E-state index is 10.2. The van der Waals surface area contributed by atoms with Crippen LogP contribution in [-0.4, -0.2) is 35.3 Å². The van der Waals surface area contributed by atoms with E-state index in [4.69, 9.17) is 9.97 Å². The Kier molecular flexibility index (Phi) is 7.10. The average Bonchev–Trinajstić information content (AvgIpc) is 3.99. The zero-order valence-electron chi connectivity index (χ0n) is 27.2. The van der Waals surface area contributed by atoms with Crippen molar-refractivity contribution in [2.45, 2.75) is 0 Å². The minimum absolute atomic E-state index is 0.175. The Balaban J connectivity index is 1.47. The molecule has 7 nitrogen and oxygen atoms in total. The van der Waals surface area contributed by atoms with Crippen molar-refractivity contribution >= 4 is 46.4 Å². The molecule has 8 bridgehead atoms. The van der Waals surface area contributed by atoms with Gasteiger partial charge in [0.2, 0.25) is 0 Å². The number of nitrogens with zero attached hydrogens (tertiary/aromatic N) is 2. The van der Waals surface area contributed by atoms with Crippen molar-refractivity contribution in [2.75, 3.05) is 0 Å². The van der Waals surface area contributed by atoms with Gasteiger partial charge in [0.1, 0.15) is 17.2 Å². The molecule has 0 fully saturated rings. The highest BCUT2D eigenvalue weighted by Gasteiger charge is 2.19. The van der Waals surface area contributed by atoms with Gasteiger partial charge in [0.15, 0.2) is 0 Å². The Bertz CT molecular complexity index is 2640. The van der Waals surface area contributed by atoms with Gasteiger partial charge >= 0.3 is 0 Å². The predicted octanol–water partition coefficient (Wildman–Crippen LogP) is 10.4. The van der Waals surface area contributed by atoms with Crippen LogP contribution in [0.4, 0.5) is 0 Å². The molecule has 0 spiro atoms. The molecule has 3 aromatic heterocycles. The van der Waals surface area contributed by atoms with E-state index >= 15 is 0 Å². The number of phenolic OH excluding ortho intramolecular Hbond substituents is 3. The van der Waals surface area contributed by atoms with Gasteiger partial charge < -0.3 is 25.3 Å². The summed E-state index contributed by atoms with van der Waals surface area (Å²) in [4.78, 5) is 17.9. The van der Waals surface area contributed by atoms with Crippen LogP contribution in [0.15, 0.2) is 127 Å². The SMILES string of the molecule is Oc1ccc(-c2c3nc(c(-c4ccc(O)cc4)c4ccc([nH]4)c(-c4ccc(O)cc4)c4nc(c(-c5ccccc5)c5ccc2[nH]5)C=C4)C=C3)cc1. The molecular weight excluding hydrogens is 633 g/mol. The molecule has 51 heavy (non-hydrogen) atoms. The Hall–Kier alpha value is -7.12. The molecule has 0 saturated heterocycles. The van der Waals surface area contributed by atoms with Gasteiger partial charge in [0.05, 0.1) is 22.8 Å². The molecule has 4 aromatic carbocycles. The van der Waals surface area contributed by atoms with Crippen LogP contribution in [0.1, 0.15) is 22.8 Å². The van der Waals surface area contributed by atoms with Crippen LogP contribution >= 0.6 is 0 Å². The van der Waals surface area contributed by atoms with E-state index in [0.717, 1.165) is 89.4 Å². The van der Waals surface area contributed by atoms with Crippen LogP contribution in [0.3, 0.4) is 0 Å². The maximum atomic E-state index is 10.2. The van der Waals surface area contributed by atoms with Crippen LogP contribution in [0.25, 0.3) is 90.9 Å². The Morgan fingerprint density at radius 2 is 0.588 bits per heavy atom. The van der Waals surface area contributed by atoms with Gasteiger partial charge in [-0.15, -0.1) is 0 Å². The third-order valence-corrected chi connectivity index (χ3v) is 9.28. The number of aromatic hydroxyl groups is 3. The standard InChI is InChI=1S/C44H30N4O3/c49-30-12-6-27(7-13-30)42-35-20-18-33(45-35)41(26-4-2-1-3-5-26)34-19-21-36(46-34)43(28-8-14-31(50)15-9-28)38-23-25-40(48-38)44(39-24-22-37(42)47-39)29-10-16-32(51)17-11-29/h1-25,45,48-51H. The van der Waals surface area contributed by atoms with Gasteiger partial charge in [0.25, 0.3) is 0 Å². The molecule has 0 amide bonds. The monoisotopic (exact) mass is 662 g/mol. The summed E-state index contributed by atoms with van der Waals surface area (Å²) in [5, 5.41) is 30.5. The smallest absolute Gasteiger partial charge is 0.115 e. The molecule has 0 saturated carbocycles. The molecular formula is C44H30N4O3. The highest BCUT2D eigenvalue weighted by molar-refractivity contribution is 5.99. The van der Waals surface area contributed by atoms with Gasteiger partial charge in [-0.1, -0.05) is 66.7 Å². The number of phenols is 3. The topological polar surface area (TPSA) is 118 Å². The lowest BCUT2D eigenvalue weighted by Crippen LogP contribution is -1.89. The summed E-state index contributed by atoms with van der Waals surface area (Å²) in [6.45, 7) is 0. The van der Waals surface area contributed by atoms with Crippen LogP contribution < -0.4 is 0 Å². The first-order chi connectivity index (χ1) is 25.0. The zero-order valence-corrected chi connectivity index (χ0v) is 27.2. The van der Waals surface area contributed by atoms with Gasteiger partial charge in [-0.3, -0.25) is 0 Å². The Morgan fingerprint density at radius 1 is 0.314 bits per heavy atom. The minimum Gasteiger partial charge on any atom is -0.508 e. The Morgan fingerprint density at radius 3 is 0.882 bits per heavy atom. The van der Waals surface area contributed by atoms with Crippen molar-refractivity contribution < 1.29 is 15.3 Å². The molecule has 2 aliphatic rings. The van der Waals surface area contributed by atoms with E-state index in [-0.39, 0.29) is 17.2 Å². The first kappa shape index (κ1) is 30.0. The number of hydrogen-bond acceptors (Lipinski definition) is 5. The van der Waals surface area contributed by atoms with Crippen LogP contribution in [0, 0.1) is 0 Å². The first-order valence-corrected chi connectivity index (χ1v) is 16.6. The van der Waals surface area contributed by atoms with Gasteiger partial charge in [-0.2, -0.15) is 0 Å². The van der Waals surface area contributed by atoms with Crippen molar-refractivity contribution in [3.63, 3.8) is 0 Å². The van der Waals surface area contributed by atoms with Crippen molar-refractivity contribution in [1.29, 1.82) is 0 Å². The number of H-pyrrole nitrogens is 2. The van der Waals surface area contributed by atoms with E-state index in [9.17, 15) is 15.3 Å². The number of fused-ring (bicyclic) bond motifs is 8. The molecule has 0 aliphatic carbocycles. The second kappa shape index (κ2) is 12.1. The summed E-state index contributed by atoms with van der Waals surface area (Å²) in [7, 11) is 0. The van der Waals surface area contributed by atoms with Crippen LogP contribution in [0.5, 0.6) is 17.2 Å². The van der Waals surface area contributed by atoms with Crippen molar-refractivity contribution in [3.8, 4) is 61.8 Å². The molecule has 0 unspecified atom stereocenters. The lowest BCUT2D eigenvalue weighted by atomic mass is 10.0. The summed E-state index contributed by atoms with van der Waals surface area (Å²) in [6.07, 6.45) is 8.11. The highest BCUT2D eigenvalue weighted by Crippen LogP contribution is 2.39. The number of hydrogen-bond donors (Lipinski definition) is 5. The number of nitrogens with one attached hydrogen (secondary N) is 2. The van der Waals surface area contributed by atoms with E-state index in [2.05, 4.69) is 34.2 Å². The van der Waals surface area contributed by atoms with Crippen molar-refractivity contribution in [2.24, 2.45) is 0 Å². The van der Waals surface area contributed by atoms with Gasteiger partial charge in [-0.25, -0.2) is 9.97 Å². The van der Waals surface area contributed by atoms with Gasteiger partial charge in [0, 0.05) is 44.3 Å². The van der Waals surface area contributed by atoms with E-state index < -0.39 is 0 Å². The molecule has 7 heteroatoms. The lowest BCUT2D eigenvalue weighted by Gasteiger charge is -2.07. The molecule has 5 heterocycles. The number of aromatic nitrogens is 4. The molecule has 0 radical (unpaired) electrons. The largest absolute Gasteiger partial charge is 0.508 e. The zero-order chi connectivity index (χ0) is 34.5. The summed E-state index contributed by atoms with van der Waals surface area (Å²) in [6, 6.07) is 39.9. The average molecular weight is 663 g/mol. The van der Waals surface area contributed by atoms with E-state index in [1.807, 2.05) is 91.0 Å². The van der Waals surface area contributed by atoms with Crippen molar-refractivity contribution in [3.05, 3.63) is 150 Å². The molecule has 5 N–H and O–H groups in total. The maximum Gasteiger partial charge on any atom is 0.115 e. The molecule has 0 atom stereocenters. The first-order valence-electron chi connectivity index (χ1n) is 16.6. The van der Waals surface area contributed by atoms with Crippen LogP contribution in [0.2, 0.25) is 0 Å². The lowest BCUT2D eigenvalue weighted by molar-refractivity contribution is 0.475. The third-order valence-electron chi connectivity index (χ3n) is 9.28. The summed E-state index contributed by atoms with van der Waals surface area (Å²) < 4.78 is 0. The van der Waals surface area contributed by atoms with E-state index in [1.165, 1.54) is 0 Å². The minimum atomic E-state index is 0.175. The van der Waals surface area contributed by atoms with Crippen LogP contribution in [-0.2, 0) is 0 Å². The quantitative estimate of drug-likeness (QED) is 0.129. The fraction of sp³-hybridized carbons (Fsp3) is 0. The van der Waals surface area contributed by atoms with Crippen molar-refractivity contribution in [1.82, 2.24) is 19.9 Å². The normalized spacial score (nSPS) is 12.0. The van der Waals surface area contributed by atoms with Gasteiger partial charge in [-0.05, 0) is 107 Å². The summed E-state index contributed by atoms with van der Waals surface area (Å²) >= 11 is 0. The van der Waals surface area contributed by atoms with E-state index in [0.29, 0.717) is 0 Å². The molecule has 7 aromatic rings. The molecule has 9 rings (SSSR count). The number of rotatable bonds is 4. The summed E-state index contributed by atoms with van der Waals surface area (Å²) in [5.41, 5.74) is 13.7. The molecule has 244 valence electrons. The predicted molar refractivity (Wildman–Crippen MR) is 206 cm³/mol. The Labute approximate surface area is 292 Å². The number of aromatic amines is 2. The molecule has 2 aliphatic heterocycles. The fourth-order valence-corrected chi connectivity index (χ4v) is 6.91. The second-order valence-electron chi connectivity index (χ2n) is 12.5. The van der Waals surface area contributed by atoms with E-state index in [1.54, 1.807) is 36.4 Å². The summed E-state index contributed by atoms with van der Waals surface area (Å²) in [5.74, 6) is 0.541. The second-order valence-corrected chi connectivity index (χ2v) is 12.5. The fourth-order valence-electron chi connectivity index (χ4n) is 6.91. The highest BCUT2D eigenvalue weighted by atomic mass is 16.3.